The number of fused-ring (bicyclic) bond motifs is 1. The molecule has 0 spiro atoms. The van der Waals surface area contributed by atoms with Crippen molar-refractivity contribution in [2.45, 2.75) is 26.3 Å². The molecular weight excluding hydrogens is 375 g/mol. The highest BCUT2D eigenvalue weighted by Gasteiger charge is 2.24. The number of benzene rings is 1. The van der Waals surface area contributed by atoms with Gasteiger partial charge < -0.3 is 11.1 Å². The number of nitrogens with zero attached hydrogens (tertiary/aromatic N) is 4. The van der Waals surface area contributed by atoms with Crippen LogP contribution in [0.25, 0.3) is 16.6 Å². The van der Waals surface area contributed by atoms with Crippen LogP contribution < -0.4 is 11.1 Å². The number of hydrogen-bond acceptors (Lipinski definition) is 5. The summed E-state index contributed by atoms with van der Waals surface area (Å²) in [4.78, 5) is 16.9. The van der Waals surface area contributed by atoms with Crippen molar-refractivity contribution < 1.29 is 4.79 Å². The summed E-state index contributed by atoms with van der Waals surface area (Å²) >= 11 is 0. The highest BCUT2D eigenvalue weighted by Crippen LogP contribution is 2.21. The fourth-order valence-corrected chi connectivity index (χ4v) is 2.44. The normalized spacial score (nSPS) is 10.8. The molecule has 2 aromatic heterocycles. The third-order valence-electron chi connectivity index (χ3n) is 3.91. The average Bonchev–Trinajstić information content (AvgIpc) is 2.95. The molecule has 0 atom stereocenters. The predicted octanol–water partition coefficient (Wildman–Crippen LogP) is 2.43. The van der Waals surface area contributed by atoms with E-state index in [0.29, 0.717) is 12.2 Å². The molecule has 26 heavy (non-hydrogen) atoms. The van der Waals surface area contributed by atoms with E-state index in [2.05, 4.69) is 20.6 Å². The van der Waals surface area contributed by atoms with Gasteiger partial charge in [0.15, 0.2) is 5.69 Å². The van der Waals surface area contributed by atoms with Crippen LogP contribution in [-0.4, -0.2) is 38.0 Å². The maximum atomic E-state index is 12.5. The quantitative estimate of drug-likeness (QED) is 0.705. The number of nitrogens with one attached hydrogen (secondary N) is 1. The Balaban J connectivity index is 0.00000169. The Morgan fingerprint density at radius 2 is 1.92 bits per heavy atom. The number of amides is 1. The van der Waals surface area contributed by atoms with E-state index in [0.717, 1.165) is 16.6 Å². The monoisotopic (exact) mass is 396 g/mol. The molecule has 0 saturated carbocycles. The molecule has 3 N–H and O–H groups in total. The standard InChI is InChI=1S/C17H20N6O.2ClH/c1-11-14(16(24)20-17(2,3)10-18)21-22-23(11)13-8-4-6-12-7-5-9-19-15(12)13;;/h4-9H,10,18H2,1-3H3,(H,20,24);2*1H. The van der Waals surface area contributed by atoms with Crippen molar-refractivity contribution in [2.75, 3.05) is 6.54 Å². The van der Waals surface area contributed by atoms with E-state index in [1.165, 1.54) is 0 Å². The summed E-state index contributed by atoms with van der Waals surface area (Å²) in [6.07, 6.45) is 1.73. The average molecular weight is 397 g/mol. The van der Waals surface area contributed by atoms with Gasteiger partial charge in [0.05, 0.1) is 16.9 Å². The van der Waals surface area contributed by atoms with E-state index in [9.17, 15) is 4.79 Å². The van der Waals surface area contributed by atoms with Gasteiger partial charge in [-0.3, -0.25) is 9.78 Å². The number of rotatable bonds is 4. The molecule has 0 aliphatic rings. The van der Waals surface area contributed by atoms with Crippen molar-refractivity contribution in [1.82, 2.24) is 25.3 Å². The van der Waals surface area contributed by atoms with Crippen LogP contribution in [0.15, 0.2) is 36.5 Å². The molecule has 0 unspecified atom stereocenters. The second kappa shape index (κ2) is 8.44. The largest absolute Gasteiger partial charge is 0.344 e. The summed E-state index contributed by atoms with van der Waals surface area (Å²) in [5.74, 6) is -0.289. The number of carbonyl (C=O) groups excluding carboxylic acids is 1. The first-order valence-electron chi connectivity index (χ1n) is 7.72. The number of para-hydroxylation sites is 1. The lowest BCUT2D eigenvalue weighted by molar-refractivity contribution is 0.0910. The molecule has 0 aliphatic carbocycles. The molecule has 1 amide bonds. The van der Waals surface area contributed by atoms with Gasteiger partial charge in [0.2, 0.25) is 0 Å². The molecule has 9 heteroatoms. The van der Waals surface area contributed by atoms with Crippen molar-refractivity contribution in [3.63, 3.8) is 0 Å². The van der Waals surface area contributed by atoms with Crippen molar-refractivity contribution in [3.05, 3.63) is 47.9 Å². The van der Waals surface area contributed by atoms with Gasteiger partial charge in [0.25, 0.3) is 5.91 Å². The second-order valence-electron chi connectivity index (χ2n) is 6.33. The van der Waals surface area contributed by atoms with Crippen LogP contribution in [0.5, 0.6) is 0 Å². The molecule has 7 nitrogen and oxygen atoms in total. The lowest BCUT2D eigenvalue weighted by Gasteiger charge is -2.23. The summed E-state index contributed by atoms with van der Waals surface area (Å²) in [5, 5.41) is 12.1. The van der Waals surface area contributed by atoms with Crippen LogP contribution in [-0.2, 0) is 0 Å². The van der Waals surface area contributed by atoms with Gasteiger partial charge >= 0.3 is 0 Å². The minimum absolute atomic E-state index is 0. The maximum absolute atomic E-state index is 12.5. The topological polar surface area (TPSA) is 98.7 Å². The summed E-state index contributed by atoms with van der Waals surface area (Å²) in [7, 11) is 0. The smallest absolute Gasteiger partial charge is 0.274 e. The summed E-state index contributed by atoms with van der Waals surface area (Å²) in [6.45, 7) is 5.86. The van der Waals surface area contributed by atoms with Gasteiger partial charge in [-0.2, -0.15) is 0 Å². The van der Waals surface area contributed by atoms with Crippen molar-refractivity contribution in [2.24, 2.45) is 5.73 Å². The Labute approximate surface area is 164 Å². The zero-order chi connectivity index (χ0) is 17.3. The first kappa shape index (κ1) is 21.8. The van der Waals surface area contributed by atoms with Gasteiger partial charge in [-0.05, 0) is 32.9 Å². The summed E-state index contributed by atoms with van der Waals surface area (Å²) in [5.41, 5.74) is 7.69. The number of pyridine rings is 1. The van der Waals surface area contributed by atoms with Gasteiger partial charge in [0.1, 0.15) is 0 Å². The summed E-state index contributed by atoms with van der Waals surface area (Å²) < 4.78 is 1.64. The number of nitrogens with two attached hydrogens (primary N) is 1. The van der Waals surface area contributed by atoms with Crippen LogP contribution >= 0.6 is 24.8 Å². The minimum atomic E-state index is -0.506. The Hall–Kier alpha value is -2.22. The molecule has 0 saturated heterocycles. The fourth-order valence-electron chi connectivity index (χ4n) is 2.44. The van der Waals surface area contributed by atoms with E-state index >= 15 is 0 Å². The SMILES string of the molecule is Cc1c(C(=O)NC(C)(C)CN)nnn1-c1cccc2cccnc12.Cl.Cl. The lowest BCUT2D eigenvalue weighted by Crippen LogP contribution is -2.49. The molecule has 3 aromatic rings. The van der Waals surface area contributed by atoms with Crippen LogP contribution in [0.2, 0.25) is 0 Å². The molecule has 1 aromatic carbocycles. The highest BCUT2D eigenvalue weighted by molar-refractivity contribution is 5.94. The van der Waals surface area contributed by atoms with E-state index < -0.39 is 5.54 Å². The molecule has 3 rings (SSSR count). The third-order valence-corrected chi connectivity index (χ3v) is 3.91. The first-order valence-corrected chi connectivity index (χ1v) is 7.72. The van der Waals surface area contributed by atoms with Crippen LogP contribution in [0.3, 0.4) is 0 Å². The highest BCUT2D eigenvalue weighted by atomic mass is 35.5. The van der Waals surface area contributed by atoms with E-state index in [1.54, 1.807) is 10.9 Å². The van der Waals surface area contributed by atoms with Crippen molar-refractivity contribution in [1.29, 1.82) is 0 Å². The first-order chi connectivity index (χ1) is 11.4. The summed E-state index contributed by atoms with van der Waals surface area (Å²) in [6, 6.07) is 9.68. The number of hydrogen-bond donors (Lipinski definition) is 2. The van der Waals surface area contributed by atoms with Crippen LogP contribution in [0, 0.1) is 6.92 Å². The predicted molar refractivity (Wildman–Crippen MR) is 106 cm³/mol. The number of aromatic nitrogens is 4. The number of carbonyl (C=O) groups is 1. The van der Waals surface area contributed by atoms with Gasteiger partial charge in [-0.25, -0.2) is 4.68 Å². The molecule has 2 heterocycles. The number of halogens is 2. The van der Waals surface area contributed by atoms with Gasteiger partial charge in [-0.1, -0.05) is 23.4 Å². The fraction of sp³-hybridized carbons (Fsp3) is 0.294. The Morgan fingerprint density at radius 3 is 2.62 bits per heavy atom. The van der Waals surface area contributed by atoms with Crippen molar-refractivity contribution in [3.8, 4) is 5.69 Å². The molecule has 0 aliphatic heterocycles. The van der Waals surface area contributed by atoms with Crippen LogP contribution in [0.1, 0.15) is 30.0 Å². The van der Waals surface area contributed by atoms with E-state index in [-0.39, 0.29) is 36.4 Å². The Bertz CT molecular complexity index is 904. The Kier molecular flexibility index (Phi) is 7.08. The third kappa shape index (κ3) is 4.12. The van der Waals surface area contributed by atoms with E-state index in [1.807, 2.05) is 51.1 Å². The zero-order valence-corrected chi connectivity index (χ0v) is 16.4. The lowest BCUT2D eigenvalue weighted by atomic mass is 10.1. The molecule has 0 radical (unpaired) electrons. The molecular formula is C17H22Cl2N6O. The van der Waals surface area contributed by atoms with E-state index in [4.69, 9.17) is 5.73 Å². The van der Waals surface area contributed by atoms with Crippen LogP contribution in [0.4, 0.5) is 0 Å². The molecule has 0 fully saturated rings. The second-order valence-corrected chi connectivity index (χ2v) is 6.33. The van der Waals surface area contributed by atoms with Gasteiger partial charge in [0, 0.05) is 23.7 Å². The minimum Gasteiger partial charge on any atom is -0.344 e. The Morgan fingerprint density at radius 1 is 1.23 bits per heavy atom. The molecule has 0 bridgehead atoms. The van der Waals surface area contributed by atoms with Crippen molar-refractivity contribution >= 4 is 41.6 Å². The molecule has 140 valence electrons. The zero-order valence-electron chi connectivity index (χ0n) is 14.8. The maximum Gasteiger partial charge on any atom is 0.274 e. The van der Waals surface area contributed by atoms with Gasteiger partial charge in [-0.15, -0.1) is 29.9 Å².